The van der Waals surface area contributed by atoms with Crippen LogP contribution in [-0.2, 0) is 6.54 Å². The second kappa shape index (κ2) is 4.81. The zero-order valence-corrected chi connectivity index (χ0v) is 11.5. The zero-order chi connectivity index (χ0) is 13.4. The van der Waals surface area contributed by atoms with Crippen molar-refractivity contribution in [3.8, 4) is 0 Å². The van der Waals surface area contributed by atoms with Gasteiger partial charge in [0.1, 0.15) is 5.65 Å². The van der Waals surface area contributed by atoms with E-state index in [0.29, 0.717) is 5.92 Å². The first-order chi connectivity index (χ1) is 9.20. The molecule has 1 aliphatic rings. The van der Waals surface area contributed by atoms with Crippen LogP contribution < -0.4 is 10.9 Å². The van der Waals surface area contributed by atoms with Gasteiger partial charge >= 0.3 is 0 Å². The maximum Gasteiger partial charge on any atom is 0.274 e. The second-order valence-corrected chi connectivity index (χ2v) is 5.23. The average Bonchev–Trinajstić information content (AvgIpc) is 2.82. The molecule has 3 rings (SSSR count). The van der Waals surface area contributed by atoms with E-state index in [-0.39, 0.29) is 5.56 Å². The van der Waals surface area contributed by atoms with Crippen molar-refractivity contribution in [2.45, 2.75) is 39.2 Å². The molecular weight excluding hydrogens is 240 g/mol. The first-order valence-corrected chi connectivity index (χ1v) is 7.01. The Morgan fingerprint density at radius 1 is 1.37 bits per heavy atom. The van der Waals surface area contributed by atoms with Crippen LogP contribution in [0.15, 0.2) is 16.9 Å². The minimum atomic E-state index is -0.0127. The quantitative estimate of drug-likeness (QED) is 0.885. The van der Waals surface area contributed by atoms with Gasteiger partial charge in [0.25, 0.3) is 5.56 Å². The fraction of sp³-hybridized carbons (Fsp3) is 0.571. The van der Waals surface area contributed by atoms with Crippen molar-refractivity contribution in [2.24, 2.45) is 0 Å². The highest BCUT2D eigenvalue weighted by atomic mass is 16.1. The van der Waals surface area contributed by atoms with Gasteiger partial charge in [-0.05, 0) is 39.8 Å². The van der Waals surface area contributed by atoms with Gasteiger partial charge in [-0.25, -0.2) is 0 Å². The lowest BCUT2D eigenvalue weighted by Gasteiger charge is -2.26. The molecule has 1 fully saturated rings. The highest BCUT2D eigenvalue weighted by Gasteiger charge is 2.20. The van der Waals surface area contributed by atoms with E-state index in [4.69, 9.17) is 0 Å². The minimum absolute atomic E-state index is 0.0127. The van der Waals surface area contributed by atoms with Crippen LogP contribution in [0.3, 0.4) is 0 Å². The normalized spacial score (nSPS) is 17.2. The summed E-state index contributed by atoms with van der Waals surface area (Å²) in [6.07, 6.45) is 2.20. The number of nitrogens with one attached hydrogen (secondary N) is 1. The average molecular weight is 260 g/mol. The fourth-order valence-electron chi connectivity index (χ4n) is 3.04. The molecule has 0 amide bonds. The van der Waals surface area contributed by atoms with Gasteiger partial charge in [0.2, 0.25) is 0 Å². The van der Waals surface area contributed by atoms with Crippen LogP contribution in [0.2, 0.25) is 0 Å². The summed E-state index contributed by atoms with van der Waals surface area (Å²) in [6, 6.07) is 3.77. The van der Waals surface area contributed by atoms with Gasteiger partial charge in [-0.1, -0.05) is 0 Å². The molecule has 0 bridgehead atoms. The molecule has 19 heavy (non-hydrogen) atoms. The first kappa shape index (κ1) is 12.4. The first-order valence-electron chi connectivity index (χ1n) is 7.01. The molecule has 0 spiro atoms. The van der Waals surface area contributed by atoms with E-state index in [1.54, 1.807) is 6.07 Å². The van der Waals surface area contributed by atoms with E-state index in [0.717, 1.165) is 43.8 Å². The Morgan fingerprint density at radius 3 is 2.79 bits per heavy atom. The third-order valence-electron chi connectivity index (χ3n) is 3.95. The Balaban J connectivity index is 2.20. The van der Waals surface area contributed by atoms with Crippen LogP contribution >= 0.6 is 0 Å². The molecule has 2 aromatic heterocycles. The molecule has 0 aliphatic carbocycles. The number of rotatable bonds is 2. The molecule has 0 radical (unpaired) electrons. The number of piperidine rings is 1. The van der Waals surface area contributed by atoms with Crippen molar-refractivity contribution in [1.82, 2.24) is 19.5 Å². The number of fused-ring (bicyclic) bond motifs is 1. The van der Waals surface area contributed by atoms with Crippen molar-refractivity contribution in [2.75, 3.05) is 13.1 Å². The highest BCUT2D eigenvalue weighted by Crippen LogP contribution is 2.25. The summed E-state index contributed by atoms with van der Waals surface area (Å²) in [6.45, 7) is 6.99. The Hall–Kier alpha value is -1.62. The summed E-state index contributed by atoms with van der Waals surface area (Å²) < 4.78 is 3.75. The standard InChI is InChI=1S/C14H20N4O/c1-3-17-12(11-4-6-15-7-5-11)9-14(19)18-13(17)8-10(2)16-18/h8-9,11,15H,3-7H2,1-2H3. The molecule has 0 aromatic carbocycles. The molecule has 5 heteroatoms. The smallest absolute Gasteiger partial charge is 0.274 e. The molecule has 0 atom stereocenters. The molecule has 0 saturated carbocycles. The highest BCUT2D eigenvalue weighted by molar-refractivity contribution is 5.42. The van der Waals surface area contributed by atoms with Crippen molar-refractivity contribution >= 4 is 5.65 Å². The Kier molecular flexibility index (Phi) is 3.14. The van der Waals surface area contributed by atoms with Crippen molar-refractivity contribution in [1.29, 1.82) is 0 Å². The van der Waals surface area contributed by atoms with Crippen molar-refractivity contribution in [3.05, 3.63) is 33.9 Å². The lowest BCUT2D eigenvalue weighted by Crippen LogP contribution is -2.30. The number of hydrogen-bond donors (Lipinski definition) is 1. The minimum Gasteiger partial charge on any atom is -0.330 e. The van der Waals surface area contributed by atoms with Gasteiger partial charge in [-0.15, -0.1) is 0 Å². The maximum absolute atomic E-state index is 12.2. The maximum atomic E-state index is 12.2. The largest absolute Gasteiger partial charge is 0.330 e. The third-order valence-corrected chi connectivity index (χ3v) is 3.95. The molecule has 2 aromatic rings. The summed E-state index contributed by atoms with van der Waals surface area (Å²) in [5.41, 5.74) is 2.96. The Bertz CT molecular complexity index is 649. The monoisotopic (exact) mass is 260 g/mol. The Labute approximate surface area is 112 Å². The van der Waals surface area contributed by atoms with E-state index < -0.39 is 0 Å². The molecule has 102 valence electrons. The Morgan fingerprint density at radius 2 is 2.11 bits per heavy atom. The van der Waals surface area contributed by atoms with Gasteiger partial charge < -0.3 is 9.88 Å². The van der Waals surface area contributed by atoms with Crippen molar-refractivity contribution in [3.63, 3.8) is 0 Å². The third kappa shape index (κ3) is 2.08. The molecule has 5 nitrogen and oxygen atoms in total. The number of aryl methyl sites for hydroxylation is 2. The number of nitrogens with zero attached hydrogens (tertiary/aromatic N) is 3. The molecule has 1 N–H and O–H groups in total. The van der Waals surface area contributed by atoms with Gasteiger partial charge in [0.05, 0.1) is 5.69 Å². The summed E-state index contributed by atoms with van der Waals surface area (Å²) in [7, 11) is 0. The van der Waals surface area contributed by atoms with Gasteiger partial charge in [0.15, 0.2) is 0 Å². The fourth-order valence-corrected chi connectivity index (χ4v) is 3.04. The number of hydrogen-bond acceptors (Lipinski definition) is 3. The second-order valence-electron chi connectivity index (χ2n) is 5.23. The van der Waals surface area contributed by atoms with Crippen LogP contribution in [0.25, 0.3) is 5.65 Å². The zero-order valence-electron chi connectivity index (χ0n) is 11.5. The van der Waals surface area contributed by atoms with E-state index >= 15 is 0 Å². The van der Waals surface area contributed by atoms with E-state index in [2.05, 4.69) is 21.9 Å². The molecular formula is C14H20N4O. The van der Waals surface area contributed by atoms with Gasteiger partial charge in [-0.2, -0.15) is 9.61 Å². The van der Waals surface area contributed by atoms with Crippen LogP contribution in [0.4, 0.5) is 0 Å². The topological polar surface area (TPSA) is 51.3 Å². The predicted octanol–water partition coefficient (Wildman–Crippen LogP) is 1.29. The molecule has 0 unspecified atom stereocenters. The van der Waals surface area contributed by atoms with Crippen LogP contribution in [0.5, 0.6) is 0 Å². The lowest BCUT2D eigenvalue weighted by molar-refractivity contribution is 0.438. The van der Waals surface area contributed by atoms with Crippen LogP contribution in [0.1, 0.15) is 37.1 Å². The van der Waals surface area contributed by atoms with Crippen molar-refractivity contribution < 1.29 is 0 Å². The summed E-state index contributed by atoms with van der Waals surface area (Å²) >= 11 is 0. The van der Waals surface area contributed by atoms with Gasteiger partial charge in [-0.3, -0.25) is 4.79 Å². The van der Waals surface area contributed by atoms with E-state index in [9.17, 15) is 4.79 Å². The number of aromatic nitrogens is 3. The van der Waals surface area contributed by atoms with E-state index in [1.165, 1.54) is 10.2 Å². The predicted molar refractivity (Wildman–Crippen MR) is 74.7 cm³/mol. The van der Waals surface area contributed by atoms with Gasteiger partial charge in [0, 0.05) is 30.3 Å². The lowest BCUT2D eigenvalue weighted by atomic mass is 9.94. The SMILES string of the molecule is CCn1c(C2CCNCC2)cc(=O)n2nc(C)cc12. The molecule has 1 aliphatic heterocycles. The summed E-state index contributed by atoms with van der Waals surface area (Å²) in [4.78, 5) is 12.2. The van der Waals surface area contributed by atoms with E-state index in [1.807, 2.05) is 13.0 Å². The molecule has 1 saturated heterocycles. The summed E-state index contributed by atoms with van der Waals surface area (Å²) in [5.74, 6) is 0.481. The molecule has 3 heterocycles. The van der Waals surface area contributed by atoms with Crippen LogP contribution in [0, 0.1) is 6.92 Å². The van der Waals surface area contributed by atoms with Crippen LogP contribution in [-0.4, -0.2) is 27.3 Å². The summed E-state index contributed by atoms with van der Waals surface area (Å²) in [5, 5.41) is 7.65.